The van der Waals surface area contributed by atoms with Crippen molar-refractivity contribution in [1.82, 2.24) is 5.32 Å². The molecule has 178 valence electrons. The molecule has 0 heterocycles. The number of carbonyl (C=O) groups excluding carboxylic acids is 1. The van der Waals surface area contributed by atoms with Crippen molar-refractivity contribution < 1.29 is 6.22 Å². The second-order valence-corrected chi connectivity index (χ2v) is 7.99. The first kappa shape index (κ1) is 29.4. The lowest BCUT2D eigenvalue weighted by molar-refractivity contribution is -0.121. The van der Waals surface area contributed by atoms with Crippen LogP contribution in [0.1, 0.15) is 71.6 Å². The van der Waals surface area contributed by atoms with E-state index in [9.17, 15) is 4.79 Å². The fourth-order valence-corrected chi connectivity index (χ4v) is 3.57. The summed E-state index contributed by atoms with van der Waals surface area (Å²) in [5, 5.41) is 3.42. The van der Waals surface area contributed by atoms with Crippen molar-refractivity contribution in [2.75, 3.05) is 7.05 Å². The number of hydrogen-bond donors (Lipinski definition) is 2. The topological polar surface area (TPSA) is 55.1 Å². The van der Waals surface area contributed by atoms with Gasteiger partial charge in [0.1, 0.15) is 0 Å². The zero-order chi connectivity index (χ0) is 23.6. The largest absolute Gasteiger partial charge is 0.369 e. The van der Waals surface area contributed by atoms with Gasteiger partial charge >= 0.3 is 0 Å². The van der Waals surface area contributed by atoms with Crippen molar-refractivity contribution in [3.8, 4) is 0 Å². The number of primary amides is 1. The van der Waals surface area contributed by atoms with E-state index in [0.29, 0.717) is 0 Å². The minimum absolute atomic E-state index is 0. The molecule has 0 aliphatic rings. The van der Waals surface area contributed by atoms with Crippen molar-refractivity contribution in [3.05, 3.63) is 82.9 Å². The third-order valence-electron chi connectivity index (χ3n) is 5.68. The molecule has 2 unspecified atom stereocenters. The Kier molecular flexibility index (Phi) is 13.2. The molecule has 1 amide bonds. The van der Waals surface area contributed by atoms with Crippen LogP contribution in [0.25, 0.3) is 11.1 Å². The molecule has 32 heavy (non-hydrogen) atoms. The predicted molar refractivity (Wildman–Crippen MR) is 145 cm³/mol. The summed E-state index contributed by atoms with van der Waals surface area (Å²) in [5.41, 5.74) is 13.6. The van der Waals surface area contributed by atoms with Crippen molar-refractivity contribution >= 4 is 17.1 Å². The zero-order valence-corrected chi connectivity index (χ0v) is 20.4. The molecule has 2 aromatic rings. The molecule has 0 saturated heterocycles. The summed E-state index contributed by atoms with van der Waals surface area (Å²) in [7, 11) is 1.96. The molecule has 3 heteroatoms. The van der Waals surface area contributed by atoms with Gasteiger partial charge < -0.3 is 11.1 Å². The molecule has 0 aliphatic heterocycles. The quantitative estimate of drug-likeness (QED) is 0.407. The number of allylic oxidation sites excluding steroid dienone is 2. The van der Waals surface area contributed by atoms with Gasteiger partial charge in [-0.25, -0.2) is 0 Å². The van der Waals surface area contributed by atoms with Crippen LogP contribution in [0, 0.1) is 19.8 Å². The molecular weight excluding hydrogens is 392 g/mol. The fraction of sp³-hybridized carbons (Fsp3) is 0.414. The molecule has 0 aliphatic carbocycles. The summed E-state index contributed by atoms with van der Waals surface area (Å²) in [6.07, 6.45) is 1.58. The molecule has 2 rings (SSSR count). The minimum Gasteiger partial charge on any atom is -0.369 e. The minimum atomic E-state index is -0.246. The van der Waals surface area contributed by atoms with Gasteiger partial charge in [0, 0.05) is 13.4 Å². The van der Waals surface area contributed by atoms with Gasteiger partial charge in [0.25, 0.3) is 0 Å². The first-order chi connectivity index (χ1) is 14.7. The summed E-state index contributed by atoms with van der Waals surface area (Å²) in [5.74, 6) is -0.383. The molecule has 2 atom stereocenters. The highest BCUT2D eigenvalue weighted by Crippen LogP contribution is 2.35. The van der Waals surface area contributed by atoms with Crippen LogP contribution < -0.4 is 11.1 Å². The highest BCUT2D eigenvalue weighted by molar-refractivity contribution is 6.05. The van der Waals surface area contributed by atoms with E-state index in [2.05, 4.69) is 81.2 Å². The van der Waals surface area contributed by atoms with E-state index in [0.717, 1.165) is 35.1 Å². The molecule has 0 aromatic heterocycles. The molecule has 2 aromatic carbocycles. The Morgan fingerprint density at radius 2 is 1.41 bits per heavy atom. The summed E-state index contributed by atoms with van der Waals surface area (Å²) < 4.78 is 0. The number of hydrogen-bond acceptors (Lipinski definition) is 2. The Balaban J connectivity index is 0. The number of aryl methyl sites for hydroxylation is 2. The monoisotopic (exact) mass is 438 g/mol. The molecule has 0 radical (unpaired) electrons. The van der Waals surface area contributed by atoms with E-state index in [4.69, 9.17) is 5.73 Å². The van der Waals surface area contributed by atoms with Gasteiger partial charge in [-0.05, 0) is 68.5 Å². The van der Waals surface area contributed by atoms with Gasteiger partial charge in [-0.15, -0.1) is 0 Å². The van der Waals surface area contributed by atoms with Crippen molar-refractivity contribution in [2.24, 2.45) is 11.7 Å². The number of carbonyl (C=O) groups is 1. The zero-order valence-electron chi connectivity index (χ0n) is 20.4. The summed E-state index contributed by atoms with van der Waals surface area (Å²) >= 11 is 0. The van der Waals surface area contributed by atoms with Gasteiger partial charge in [0.2, 0.25) is 5.91 Å². The molecule has 0 saturated carbocycles. The Bertz CT molecular complexity index is 883. The molecule has 0 fully saturated rings. The Morgan fingerprint density at radius 3 is 1.81 bits per heavy atom. The van der Waals surface area contributed by atoms with Gasteiger partial charge in [-0.1, -0.05) is 94.4 Å². The number of amides is 1. The molecular formula is C29H46N2O. The lowest BCUT2D eigenvalue weighted by Gasteiger charge is -2.24. The van der Waals surface area contributed by atoms with Crippen LogP contribution in [0.2, 0.25) is 0 Å². The lowest BCUT2D eigenvalue weighted by Crippen LogP contribution is -2.29. The third-order valence-corrected chi connectivity index (χ3v) is 5.68. The van der Waals surface area contributed by atoms with Gasteiger partial charge in [-0.2, -0.15) is 0 Å². The van der Waals surface area contributed by atoms with E-state index in [1.54, 1.807) is 0 Å². The Morgan fingerprint density at radius 1 is 0.969 bits per heavy atom. The van der Waals surface area contributed by atoms with E-state index in [1.807, 2.05) is 27.8 Å². The van der Waals surface area contributed by atoms with E-state index >= 15 is 0 Å². The first-order valence-corrected chi connectivity index (χ1v) is 11.2. The summed E-state index contributed by atoms with van der Waals surface area (Å²) in [6, 6.07) is 17.2. The number of nitrogens with two attached hydrogens (primary N) is 1. The number of likely N-dealkylation sites (N-methyl/N-ethyl adjacent to an activating group) is 1. The van der Waals surface area contributed by atoms with Crippen LogP contribution >= 0.6 is 0 Å². The lowest BCUT2D eigenvalue weighted by atomic mass is 9.85. The molecule has 0 spiro atoms. The van der Waals surface area contributed by atoms with Crippen LogP contribution in [0.15, 0.2) is 60.7 Å². The van der Waals surface area contributed by atoms with Crippen LogP contribution in [0.5, 0.6) is 0 Å². The van der Waals surface area contributed by atoms with E-state index in [1.165, 1.54) is 16.7 Å². The van der Waals surface area contributed by atoms with Crippen LogP contribution in [0.4, 0.5) is 0 Å². The highest BCUT2D eigenvalue weighted by atomic mass is 16.1. The summed E-state index contributed by atoms with van der Waals surface area (Å²) in [6.45, 7) is 16.7. The van der Waals surface area contributed by atoms with Gasteiger partial charge in [0.15, 0.2) is 0 Å². The Labute approximate surface area is 198 Å². The van der Waals surface area contributed by atoms with Gasteiger partial charge in [0.05, 0.1) is 0 Å². The molecule has 3 N–H and O–H groups in total. The maximum atomic E-state index is 11.5. The van der Waals surface area contributed by atoms with Crippen LogP contribution in [-0.2, 0) is 4.79 Å². The van der Waals surface area contributed by atoms with E-state index < -0.39 is 0 Å². The number of benzene rings is 2. The van der Waals surface area contributed by atoms with Crippen molar-refractivity contribution in [3.63, 3.8) is 0 Å². The summed E-state index contributed by atoms with van der Waals surface area (Å²) in [4.78, 5) is 11.5. The highest BCUT2D eigenvalue weighted by Gasteiger charge is 2.19. The first-order valence-electron chi connectivity index (χ1n) is 11.2. The third kappa shape index (κ3) is 8.12. The maximum absolute atomic E-state index is 11.5. The van der Waals surface area contributed by atoms with Crippen molar-refractivity contribution in [2.45, 2.75) is 67.9 Å². The number of rotatable bonds is 9. The normalized spacial score (nSPS) is 13.0. The maximum Gasteiger partial charge on any atom is 0.220 e. The van der Waals surface area contributed by atoms with E-state index in [-0.39, 0.29) is 26.7 Å². The second-order valence-electron chi connectivity index (χ2n) is 7.99. The van der Waals surface area contributed by atoms with Gasteiger partial charge in [-0.3, -0.25) is 4.79 Å². The van der Waals surface area contributed by atoms with Crippen molar-refractivity contribution in [1.29, 1.82) is 0 Å². The SMILES string of the molecule is C.C=C(/C(=C(/C)C(CCC(C)C(N)=O)NC)c1ccc(C)cc1)c1ccc(C)cc1.CC.[HH]. The predicted octanol–water partition coefficient (Wildman–Crippen LogP) is 7.19. The smallest absolute Gasteiger partial charge is 0.220 e. The molecule has 0 bridgehead atoms. The Hall–Kier alpha value is -2.65. The number of nitrogens with one attached hydrogen (secondary N) is 1. The standard InChI is InChI=1S/C26H34N2O.C2H6.CH4.H2/c1-17-7-12-22(13-8-17)20(4)25(23-14-9-18(2)10-15-23)21(5)24(28-6)16-11-19(3)26(27)29;1-2;;/h7-10,12-15,19,24,28H,4,11,16H2,1-3,5-6H3,(H2,27,29);1-2H3;1H4;1H/b25-21+;;;. The van der Waals surface area contributed by atoms with Crippen LogP contribution in [0.3, 0.4) is 0 Å². The fourth-order valence-electron chi connectivity index (χ4n) is 3.57. The average molecular weight is 439 g/mol. The molecule has 3 nitrogen and oxygen atoms in total. The van der Waals surface area contributed by atoms with Crippen LogP contribution in [-0.4, -0.2) is 19.0 Å². The second kappa shape index (κ2) is 14.4. The average Bonchev–Trinajstić information content (AvgIpc) is 2.77.